The van der Waals surface area contributed by atoms with E-state index in [1.165, 1.54) is 101 Å². The molecule has 3 rings (SSSR count). The van der Waals surface area contributed by atoms with Gasteiger partial charge in [0.15, 0.2) is 0 Å². The van der Waals surface area contributed by atoms with Gasteiger partial charge in [-0.1, -0.05) is 103 Å². The second-order valence-electron chi connectivity index (χ2n) is 12.3. The standard InChI is InChI=1S/C33H55N4O8P/c1-3-4-5-6-7-8-9-10-11-12-13-14-15-16-17-18-21-42-22-23-43-46(40,41)44-24-29-31(38)32(39)33(25-34,45-29)30-20-19-28-27(2)35-26-36-37(28)30/h19-20,26,29,31-32,38-39H,3-18,21-24H2,1-2H3,(H,40,41)/t29-,31-,32-,33+/m1/s1. The Morgan fingerprint density at radius 1 is 0.913 bits per heavy atom. The lowest BCUT2D eigenvalue weighted by molar-refractivity contribution is -0.0646. The Labute approximate surface area is 274 Å². The molecular weight excluding hydrogens is 611 g/mol. The van der Waals surface area contributed by atoms with Crippen molar-refractivity contribution in [2.24, 2.45) is 0 Å². The minimum Gasteiger partial charge on any atom is -0.387 e. The molecular formula is C33H55N4O8P. The van der Waals surface area contributed by atoms with Crippen molar-refractivity contribution < 1.29 is 38.2 Å². The van der Waals surface area contributed by atoms with Gasteiger partial charge in [0.05, 0.1) is 36.7 Å². The number of nitrogens with zero attached hydrogens (tertiary/aromatic N) is 4. The van der Waals surface area contributed by atoms with Gasteiger partial charge in [-0.2, -0.15) is 10.4 Å². The van der Waals surface area contributed by atoms with E-state index in [4.69, 9.17) is 18.5 Å². The predicted molar refractivity (Wildman–Crippen MR) is 174 cm³/mol. The van der Waals surface area contributed by atoms with Crippen LogP contribution in [0.25, 0.3) is 5.52 Å². The van der Waals surface area contributed by atoms with E-state index in [1.54, 1.807) is 19.1 Å². The fourth-order valence-electron chi connectivity index (χ4n) is 5.93. The third kappa shape index (κ3) is 11.6. The number of nitriles is 1. The summed E-state index contributed by atoms with van der Waals surface area (Å²) in [4.78, 5) is 14.2. The first-order valence-electron chi connectivity index (χ1n) is 17.2. The Kier molecular flexibility index (Phi) is 17.1. The lowest BCUT2D eigenvalue weighted by Crippen LogP contribution is -2.41. The molecule has 1 saturated heterocycles. The maximum Gasteiger partial charge on any atom is 0.472 e. The van der Waals surface area contributed by atoms with E-state index in [-0.39, 0.29) is 18.9 Å². The number of aromatic nitrogens is 3. The van der Waals surface area contributed by atoms with Crippen molar-refractivity contribution in [2.45, 2.75) is 140 Å². The molecule has 0 radical (unpaired) electrons. The molecule has 12 nitrogen and oxygen atoms in total. The molecule has 46 heavy (non-hydrogen) atoms. The number of phosphoric ester groups is 1. The molecule has 0 amide bonds. The number of aliphatic hydroxyl groups is 2. The van der Waals surface area contributed by atoms with Gasteiger partial charge in [-0.3, -0.25) is 9.05 Å². The molecule has 5 atom stereocenters. The maximum atomic E-state index is 12.4. The van der Waals surface area contributed by atoms with Crippen LogP contribution in [0.5, 0.6) is 0 Å². The van der Waals surface area contributed by atoms with Gasteiger partial charge >= 0.3 is 7.82 Å². The van der Waals surface area contributed by atoms with E-state index in [1.807, 2.05) is 6.07 Å². The molecule has 1 fully saturated rings. The first kappa shape index (κ1) is 38.5. The zero-order valence-corrected chi connectivity index (χ0v) is 28.6. The summed E-state index contributed by atoms with van der Waals surface area (Å²) in [5.41, 5.74) is -0.548. The monoisotopic (exact) mass is 666 g/mol. The summed E-state index contributed by atoms with van der Waals surface area (Å²) in [5.74, 6) is 0. The zero-order chi connectivity index (χ0) is 33.3. The van der Waals surface area contributed by atoms with Gasteiger partial charge in [0.25, 0.3) is 0 Å². The quantitative estimate of drug-likeness (QED) is 0.0804. The van der Waals surface area contributed by atoms with Crippen LogP contribution >= 0.6 is 7.82 Å². The Morgan fingerprint density at radius 2 is 1.50 bits per heavy atom. The highest BCUT2D eigenvalue weighted by Crippen LogP contribution is 2.46. The van der Waals surface area contributed by atoms with E-state index in [9.17, 15) is 24.9 Å². The van der Waals surface area contributed by atoms with Crippen LogP contribution in [0.2, 0.25) is 0 Å². The molecule has 1 aliphatic rings. The normalized spacial score (nSPS) is 22.7. The summed E-state index contributed by atoms with van der Waals surface area (Å²) in [6, 6.07) is 5.17. The number of aryl methyl sites for hydroxylation is 1. The first-order valence-corrected chi connectivity index (χ1v) is 18.7. The molecule has 0 bridgehead atoms. The molecule has 0 aliphatic carbocycles. The minimum atomic E-state index is -4.50. The van der Waals surface area contributed by atoms with Crippen LogP contribution in [-0.4, -0.2) is 74.4 Å². The van der Waals surface area contributed by atoms with Crippen LogP contribution in [0.4, 0.5) is 0 Å². The molecule has 260 valence electrons. The van der Waals surface area contributed by atoms with Gasteiger partial charge in [-0.15, -0.1) is 0 Å². The Morgan fingerprint density at radius 3 is 2.09 bits per heavy atom. The van der Waals surface area contributed by atoms with Crippen molar-refractivity contribution in [3.63, 3.8) is 0 Å². The van der Waals surface area contributed by atoms with Crippen LogP contribution < -0.4 is 0 Å². The summed E-state index contributed by atoms with van der Waals surface area (Å²) in [7, 11) is -4.50. The smallest absolute Gasteiger partial charge is 0.387 e. The van der Waals surface area contributed by atoms with Crippen LogP contribution in [0.3, 0.4) is 0 Å². The minimum absolute atomic E-state index is 0.133. The lowest BCUT2D eigenvalue weighted by atomic mass is 9.92. The Bertz CT molecular complexity index is 1240. The summed E-state index contributed by atoms with van der Waals surface area (Å²) >= 11 is 0. The molecule has 0 spiro atoms. The topological polar surface area (TPSA) is 169 Å². The average Bonchev–Trinajstić information content (AvgIpc) is 3.59. The zero-order valence-electron chi connectivity index (χ0n) is 27.7. The number of ether oxygens (including phenoxy) is 2. The summed E-state index contributed by atoms with van der Waals surface area (Å²) in [6.07, 6.45) is 17.6. The highest BCUT2D eigenvalue weighted by Gasteiger charge is 2.57. The Balaban J connectivity index is 1.21. The van der Waals surface area contributed by atoms with Crippen LogP contribution in [-0.2, 0) is 28.7 Å². The van der Waals surface area contributed by atoms with Gasteiger partial charge in [0.2, 0.25) is 5.60 Å². The van der Waals surface area contributed by atoms with Gasteiger partial charge in [-0.25, -0.2) is 14.1 Å². The van der Waals surface area contributed by atoms with Crippen molar-refractivity contribution in [1.82, 2.24) is 14.6 Å². The number of unbranched alkanes of at least 4 members (excludes halogenated alkanes) is 15. The third-order valence-corrected chi connectivity index (χ3v) is 9.66. The van der Waals surface area contributed by atoms with E-state index >= 15 is 0 Å². The maximum absolute atomic E-state index is 12.4. The highest BCUT2D eigenvalue weighted by atomic mass is 31.2. The first-order chi connectivity index (χ1) is 22.3. The van der Waals surface area contributed by atoms with Crippen molar-refractivity contribution in [1.29, 1.82) is 5.26 Å². The van der Waals surface area contributed by atoms with Crippen molar-refractivity contribution in [3.05, 3.63) is 29.8 Å². The van der Waals surface area contributed by atoms with Gasteiger partial charge in [0, 0.05) is 6.61 Å². The molecule has 3 N–H and O–H groups in total. The van der Waals surface area contributed by atoms with Gasteiger partial charge in [-0.05, 0) is 25.5 Å². The number of rotatable bonds is 25. The van der Waals surface area contributed by atoms with Gasteiger partial charge < -0.3 is 24.6 Å². The van der Waals surface area contributed by atoms with Crippen LogP contribution in [0.15, 0.2) is 18.5 Å². The molecule has 0 saturated carbocycles. The molecule has 1 unspecified atom stereocenters. The lowest BCUT2D eigenvalue weighted by Gasteiger charge is -2.24. The number of hydrogen-bond acceptors (Lipinski definition) is 10. The third-order valence-electron chi connectivity index (χ3n) is 8.68. The summed E-state index contributed by atoms with van der Waals surface area (Å²) in [5, 5.41) is 35.6. The van der Waals surface area contributed by atoms with E-state index in [0.717, 1.165) is 12.8 Å². The van der Waals surface area contributed by atoms with Crippen molar-refractivity contribution >= 4 is 13.3 Å². The fraction of sp³-hybridized carbons (Fsp3) is 0.788. The second-order valence-corrected chi connectivity index (χ2v) is 13.8. The van der Waals surface area contributed by atoms with Crippen LogP contribution in [0.1, 0.15) is 121 Å². The molecule has 2 aromatic heterocycles. The van der Waals surface area contributed by atoms with E-state index in [2.05, 4.69) is 17.0 Å². The number of phosphoric acid groups is 1. The number of hydrogen-bond donors (Lipinski definition) is 3. The molecule has 0 aromatic carbocycles. The van der Waals surface area contributed by atoms with Crippen molar-refractivity contribution in [3.8, 4) is 6.07 Å². The summed E-state index contributed by atoms with van der Waals surface area (Å²) < 4.78 is 35.1. The average molecular weight is 667 g/mol. The van der Waals surface area contributed by atoms with Crippen molar-refractivity contribution in [2.75, 3.05) is 26.4 Å². The summed E-state index contributed by atoms with van der Waals surface area (Å²) in [6.45, 7) is 3.97. The molecule has 2 aromatic rings. The Hall–Kier alpha value is -1.94. The van der Waals surface area contributed by atoms with E-state index < -0.39 is 38.3 Å². The largest absolute Gasteiger partial charge is 0.472 e. The SMILES string of the molecule is CCCCCCCCCCCCCCCCCCOCCOP(=O)(O)OC[C@H]1O[C@@](C#N)(c2ccc3c(C)ncnn23)[C@H](O)[C@@H]1O. The van der Waals surface area contributed by atoms with Gasteiger partial charge in [0.1, 0.15) is 30.7 Å². The molecule has 3 heterocycles. The highest BCUT2D eigenvalue weighted by molar-refractivity contribution is 7.47. The molecule has 1 aliphatic heterocycles. The fourth-order valence-corrected chi connectivity index (χ4v) is 6.64. The number of fused-ring (bicyclic) bond motifs is 1. The molecule has 13 heteroatoms. The second kappa shape index (κ2) is 20.4. The van der Waals surface area contributed by atoms with E-state index in [0.29, 0.717) is 17.8 Å². The number of aliphatic hydroxyl groups excluding tert-OH is 2. The predicted octanol–water partition coefficient (Wildman–Crippen LogP) is 6.29. The van der Waals surface area contributed by atoms with Crippen LogP contribution in [0, 0.1) is 18.3 Å².